The Morgan fingerprint density at radius 1 is 0.852 bits per heavy atom. The zero-order valence-electron chi connectivity index (χ0n) is 14.5. The summed E-state index contributed by atoms with van der Waals surface area (Å²) in [5, 5.41) is 12.0. The zero-order valence-corrected chi connectivity index (χ0v) is 14.5. The Morgan fingerprint density at radius 3 is 2.22 bits per heavy atom. The minimum atomic E-state index is -0.103. The molecule has 1 amide bonds. The summed E-state index contributed by atoms with van der Waals surface area (Å²) in [6.45, 7) is 0. The molecule has 1 aliphatic heterocycles. The number of amides is 1. The van der Waals surface area contributed by atoms with Crippen molar-refractivity contribution in [2.24, 2.45) is 0 Å². The van der Waals surface area contributed by atoms with Crippen LogP contribution in [0.1, 0.15) is 23.6 Å². The second kappa shape index (κ2) is 6.25. The average Bonchev–Trinajstić information content (AvgIpc) is 3.36. The molecule has 1 aliphatic rings. The van der Waals surface area contributed by atoms with Gasteiger partial charge in [-0.05, 0) is 30.3 Å². The summed E-state index contributed by atoms with van der Waals surface area (Å²) in [5.41, 5.74) is 3.86. The molecule has 4 aromatic rings. The number of hydrogen-bond donors (Lipinski definition) is 1. The Bertz CT molecular complexity index is 1100. The molecule has 0 aliphatic carbocycles. The minimum absolute atomic E-state index is 0.0222. The van der Waals surface area contributed by atoms with E-state index in [9.17, 15) is 4.79 Å². The van der Waals surface area contributed by atoms with Gasteiger partial charge in [-0.15, -0.1) is 0 Å². The van der Waals surface area contributed by atoms with Crippen molar-refractivity contribution in [3.63, 3.8) is 0 Å². The second-order valence-electron chi connectivity index (χ2n) is 6.50. The lowest BCUT2D eigenvalue weighted by Gasteiger charge is -2.24. The van der Waals surface area contributed by atoms with Crippen LogP contribution < -0.4 is 5.32 Å². The standard InChI is InChI=1S/C21H17N5O/c27-20-13-17(19-11-12-22-25(19)15-7-3-1-4-8-15)18-14-23-26(21(18)24-20)16-9-5-2-6-10-16/h1-12,14,17H,13H2,(H,24,27). The van der Waals surface area contributed by atoms with Gasteiger partial charge in [0.2, 0.25) is 5.91 Å². The second-order valence-corrected chi connectivity index (χ2v) is 6.50. The van der Waals surface area contributed by atoms with Gasteiger partial charge in [0.05, 0.1) is 23.3 Å². The van der Waals surface area contributed by atoms with Gasteiger partial charge in [0.1, 0.15) is 5.82 Å². The molecular weight excluding hydrogens is 338 g/mol. The predicted molar refractivity (Wildman–Crippen MR) is 102 cm³/mol. The van der Waals surface area contributed by atoms with Crippen molar-refractivity contribution in [1.82, 2.24) is 19.6 Å². The summed E-state index contributed by atoms with van der Waals surface area (Å²) >= 11 is 0. The number of nitrogens with zero attached hydrogens (tertiary/aromatic N) is 4. The highest BCUT2D eigenvalue weighted by Crippen LogP contribution is 2.38. The third-order valence-electron chi connectivity index (χ3n) is 4.85. The van der Waals surface area contributed by atoms with Crippen molar-refractivity contribution in [2.75, 3.05) is 5.32 Å². The fourth-order valence-electron chi connectivity index (χ4n) is 3.61. The number of para-hydroxylation sites is 2. The summed E-state index contributed by atoms with van der Waals surface area (Å²) in [4.78, 5) is 12.5. The molecule has 6 nitrogen and oxygen atoms in total. The molecule has 132 valence electrons. The van der Waals surface area contributed by atoms with Gasteiger partial charge < -0.3 is 5.32 Å². The molecule has 5 rings (SSSR count). The molecule has 2 aromatic heterocycles. The topological polar surface area (TPSA) is 64.7 Å². The Labute approximate surface area is 156 Å². The van der Waals surface area contributed by atoms with Crippen LogP contribution in [0.25, 0.3) is 11.4 Å². The molecule has 0 fully saturated rings. The van der Waals surface area contributed by atoms with Crippen LogP contribution in [0.4, 0.5) is 5.82 Å². The molecule has 27 heavy (non-hydrogen) atoms. The van der Waals surface area contributed by atoms with Crippen molar-refractivity contribution in [3.05, 3.63) is 90.4 Å². The number of hydrogen-bond acceptors (Lipinski definition) is 3. The molecule has 0 bridgehead atoms. The quantitative estimate of drug-likeness (QED) is 0.611. The monoisotopic (exact) mass is 355 g/mol. The fraction of sp³-hybridized carbons (Fsp3) is 0.0952. The number of carbonyl (C=O) groups excluding carboxylic acids is 1. The van der Waals surface area contributed by atoms with Gasteiger partial charge in [0.25, 0.3) is 0 Å². The first kappa shape index (κ1) is 15.6. The first-order valence-electron chi connectivity index (χ1n) is 8.84. The molecular formula is C21H17N5O. The van der Waals surface area contributed by atoms with Crippen LogP contribution in [0, 0.1) is 0 Å². The van der Waals surface area contributed by atoms with E-state index in [1.54, 1.807) is 10.9 Å². The van der Waals surface area contributed by atoms with Crippen molar-refractivity contribution in [1.29, 1.82) is 0 Å². The fourth-order valence-corrected chi connectivity index (χ4v) is 3.61. The van der Waals surface area contributed by atoms with Gasteiger partial charge in [-0.3, -0.25) is 4.79 Å². The van der Waals surface area contributed by atoms with E-state index in [0.29, 0.717) is 6.42 Å². The van der Waals surface area contributed by atoms with Crippen molar-refractivity contribution in [3.8, 4) is 11.4 Å². The van der Waals surface area contributed by atoms with Crippen LogP contribution in [-0.4, -0.2) is 25.5 Å². The van der Waals surface area contributed by atoms with Crippen LogP contribution in [0.5, 0.6) is 0 Å². The lowest BCUT2D eigenvalue weighted by molar-refractivity contribution is -0.116. The smallest absolute Gasteiger partial charge is 0.226 e. The van der Waals surface area contributed by atoms with Gasteiger partial charge in [-0.2, -0.15) is 10.2 Å². The summed E-state index contributed by atoms with van der Waals surface area (Å²) in [6.07, 6.45) is 3.98. The molecule has 3 heterocycles. The molecule has 1 unspecified atom stereocenters. The Morgan fingerprint density at radius 2 is 1.52 bits per heavy atom. The highest BCUT2D eigenvalue weighted by molar-refractivity contribution is 5.94. The summed E-state index contributed by atoms with van der Waals surface area (Å²) < 4.78 is 3.68. The van der Waals surface area contributed by atoms with E-state index >= 15 is 0 Å². The van der Waals surface area contributed by atoms with E-state index in [0.717, 1.165) is 28.5 Å². The number of aromatic nitrogens is 4. The van der Waals surface area contributed by atoms with Crippen LogP contribution in [0.15, 0.2) is 79.1 Å². The van der Waals surface area contributed by atoms with E-state index in [1.165, 1.54) is 0 Å². The van der Waals surface area contributed by atoms with Gasteiger partial charge in [0, 0.05) is 24.1 Å². The van der Waals surface area contributed by atoms with Gasteiger partial charge in [-0.1, -0.05) is 36.4 Å². The highest BCUT2D eigenvalue weighted by Gasteiger charge is 2.32. The molecule has 0 radical (unpaired) electrons. The number of benzene rings is 2. The third kappa shape index (κ3) is 2.62. The van der Waals surface area contributed by atoms with E-state index in [1.807, 2.05) is 77.6 Å². The van der Waals surface area contributed by atoms with Gasteiger partial charge in [0.15, 0.2) is 0 Å². The molecule has 0 spiro atoms. The van der Waals surface area contributed by atoms with Crippen LogP contribution in [0.2, 0.25) is 0 Å². The lowest BCUT2D eigenvalue weighted by Crippen LogP contribution is -2.25. The molecule has 1 atom stereocenters. The number of rotatable bonds is 3. The van der Waals surface area contributed by atoms with E-state index in [-0.39, 0.29) is 11.8 Å². The normalized spacial score (nSPS) is 16.0. The van der Waals surface area contributed by atoms with Crippen LogP contribution >= 0.6 is 0 Å². The first-order valence-corrected chi connectivity index (χ1v) is 8.84. The highest BCUT2D eigenvalue weighted by atomic mass is 16.1. The van der Waals surface area contributed by atoms with Crippen molar-refractivity contribution in [2.45, 2.75) is 12.3 Å². The number of anilines is 1. The van der Waals surface area contributed by atoms with E-state index in [4.69, 9.17) is 0 Å². The van der Waals surface area contributed by atoms with Crippen LogP contribution in [0.3, 0.4) is 0 Å². The van der Waals surface area contributed by atoms with Gasteiger partial charge >= 0.3 is 0 Å². The minimum Gasteiger partial charge on any atom is -0.310 e. The molecule has 2 aromatic carbocycles. The van der Waals surface area contributed by atoms with Crippen molar-refractivity contribution < 1.29 is 4.79 Å². The Hall–Kier alpha value is -3.67. The first-order chi connectivity index (χ1) is 13.3. The number of fused-ring (bicyclic) bond motifs is 1. The predicted octanol–water partition coefficient (Wildman–Crippen LogP) is 3.53. The number of carbonyl (C=O) groups is 1. The average molecular weight is 355 g/mol. The summed E-state index contributed by atoms with van der Waals surface area (Å²) in [5.74, 6) is 0.600. The lowest BCUT2D eigenvalue weighted by atomic mass is 9.91. The summed E-state index contributed by atoms with van der Waals surface area (Å²) in [7, 11) is 0. The molecule has 0 saturated heterocycles. The van der Waals surface area contributed by atoms with Gasteiger partial charge in [-0.25, -0.2) is 9.36 Å². The number of nitrogens with one attached hydrogen (secondary N) is 1. The molecule has 6 heteroatoms. The summed E-state index contributed by atoms with van der Waals surface area (Å²) in [6, 6.07) is 21.7. The van der Waals surface area contributed by atoms with Crippen LogP contribution in [-0.2, 0) is 4.79 Å². The van der Waals surface area contributed by atoms with E-state index in [2.05, 4.69) is 15.5 Å². The van der Waals surface area contributed by atoms with E-state index < -0.39 is 0 Å². The largest absolute Gasteiger partial charge is 0.310 e. The molecule has 1 N–H and O–H groups in total. The third-order valence-corrected chi connectivity index (χ3v) is 4.85. The maximum absolute atomic E-state index is 12.5. The maximum atomic E-state index is 12.5. The maximum Gasteiger partial charge on any atom is 0.226 e. The molecule has 0 saturated carbocycles. The Kier molecular flexibility index (Phi) is 3.60. The van der Waals surface area contributed by atoms with Crippen molar-refractivity contribution >= 4 is 11.7 Å². The Balaban J connectivity index is 1.63. The SMILES string of the molecule is O=C1CC(c2ccnn2-c2ccccc2)c2cnn(-c3ccccc3)c2N1. The zero-order chi connectivity index (χ0) is 18.2.